The van der Waals surface area contributed by atoms with Gasteiger partial charge < -0.3 is 138 Å². The number of imidazole rings is 1. The number of carbonyl (C=O) groups is 12. The third kappa shape index (κ3) is 47.6. The lowest BCUT2D eigenvalue weighted by atomic mass is 9.96. The van der Waals surface area contributed by atoms with E-state index in [1.807, 2.05) is 25.4 Å². The quantitative estimate of drug-likeness (QED) is 0.0116. The van der Waals surface area contributed by atoms with Gasteiger partial charge in [0.15, 0.2) is 119 Å². The third-order valence-electron chi connectivity index (χ3n) is 14.5. The van der Waals surface area contributed by atoms with Gasteiger partial charge in [0.25, 0.3) is 0 Å². The summed E-state index contributed by atoms with van der Waals surface area (Å²) in [5.74, 6) is -3.34. The van der Waals surface area contributed by atoms with Gasteiger partial charge in [0, 0.05) is 139 Å². The van der Waals surface area contributed by atoms with Gasteiger partial charge in [0.05, 0.1) is 24.4 Å². The molecule has 13 unspecified atom stereocenters. The van der Waals surface area contributed by atoms with Crippen LogP contribution in [0.1, 0.15) is 125 Å². The summed E-state index contributed by atoms with van der Waals surface area (Å²) >= 11 is 0. The number of carbonyl (C=O) groups excluding carboxylic acids is 12. The molecule has 0 amide bonds. The Morgan fingerprint density at radius 2 is 0.915 bits per heavy atom. The highest BCUT2D eigenvalue weighted by Gasteiger charge is 2.34. The number of esters is 6. The number of ether oxygens (including phenoxy) is 7. The van der Waals surface area contributed by atoms with E-state index in [1.54, 1.807) is 29.1 Å². The first-order chi connectivity index (χ1) is 46.4. The number of quaternary nitrogens is 6. The highest BCUT2D eigenvalue weighted by Crippen LogP contribution is 2.34. The highest BCUT2D eigenvalue weighted by molar-refractivity contribution is 7.85. The maximum atomic E-state index is 11.5. The fraction of sp³-hybridized carbons (Fsp3) is 0.493. The van der Waals surface area contributed by atoms with E-state index in [1.165, 1.54) is 108 Å². The summed E-state index contributed by atoms with van der Waals surface area (Å²) in [6.45, 7) is 20.4. The van der Waals surface area contributed by atoms with Crippen LogP contribution in [0.4, 0.5) is 0 Å². The Bertz CT molecular complexity index is 3270. The van der Waals surface area contributed by atoms with Crippen molar-refractivity contribution in [2.45, 2.75) is 194 Å². The average Bonchev–Trinajstić information content (AvgIpc) is 1.66. The molecular formula is C73H127N9O23S. The molecule has 0 fully saturated rings. The molecule has 0 saturated carbocycles. The Hall–Kier alpha value is -8.80. The van der Waals surface area contributed by atoms with Crippen LogP contribution in [0.5, 0.6) is 17.2 Å². The first-order valence-corrected chi connectivity index (χ1v) is 33.1. The largest absolute Gasteiger partial charge is 0.508 e. The van der Waals surface area contributed by atoms with E-state index in [4.69, 9.17) is 38.9 Å². The van der Waals surface area contributed by atoms with Crippen molar-refractivity contribution in [1.82, 2.24) is 9.55 Å². The lowest BCUT2D eigenvalue weighted by Gasteiger charge is -2.20. The molecule has 0 saturated heterocycles. The summed E-state index contributed by atoms with van der Waals surface area (Å²) in [7, 11) is 2.14. The number of allylic oxidation sites excluding steroid dienone is 1. The zero-order valence-corrected chi connectivity index (χ0v) is 66.9. The van der Waals surface area contributed by atoms with Crippen LogP contribution in [-0.2, 0) is 128 Å². The second-order valence-electron chi connectivity index (χ2n) is 23.4. The molecule has 3 aromatic rings. The molecule has 4 rings (SSSR count). The Balaban J connectivity index is -0.000000181. The molecular weight excluding hydrogens is 1400 g/mol. The first-order valence-electron chi connectivity index (χ1n) is 31.6. The number of Topliss-reactive ketones (excluding diaryl/α,β-unsaturated/α-hetero) is 6. The molecule has 2 aromatic carbocycles. The van der Waals surface area contributed by atoms with Crippen LogP contribution in [0, 0.1) is 44.6 Å². The maximum absolute atomic E-state index is 11.5. The minimum Gasteiger partial charge on any atom is -0.508 e. The normalized spacial score (nSPS) is 14.0. The average molecular weight is 1530 g/mol. The molecule has 1 aliphatic carbocycles. The number of hydrogen-bond donors (Lipinski definition) is 10. The van der Waals surface area contributed by atoms with Gasteiger partial charge in [0.1, 0.15) is 5.75 Å². The number of nitrogens with zero attached hydrogens (tertiary/aromatic N) is 2. The Kier molecular flexibility index (Phi) is 63.3. The minimum absolute atomic E-state index is 0. The molecule has 0 spiro atoms. The van der Waals surface area contributed by atoms with E-state index in [0.717, 1.165) is 35.2 Å². The monoisotopic (exact) mass is 1530 g/mol. The molecule has 33 heteroatoms. The van der Waals surface area contributed by atoms with E-state index >= 15 is 0 Å². The number of methoxy groups -OCH3 is 1. The summed E-state index contributed by atoms with van der Waals surface area (Å²) < 4.78 is 48.3. The number of benzene rings is 2. The van der Waals surface area contributed by atoms with Crippen molar-refractivity contribution in [2.75, 3.05) is 31.8 Å². The van der Waals surface area contributed by atoms with Gasteiger partial charge in [-0.3, -0.25) is 61.7 Å². The fourth-order valence-electron chi connectivity index (χ4n) is 8.82. The lowest BCUT2D eigenvalue weighted by Crippen LogP contribution is -2.71. The van der Waals surface area contributed by atoms with Gasteiger partial charge in [-0.1, -0.05) is 24.3 Å². The van der Waals surface area contributed by atoms with Crippen molar-refractivity contribution in [1.29, 1.82) is 0 Å². The summed E-state index contributed by atoms with van der Waals surface area (Å²) in [4.78, 5) is 137. The predicted molar refractivity (Wildman–Crippen MR) is 399 cm³/mol. The first kappa shape index (κ1) is 113. The number of hydrogen-bond acceptors (Lipinski definition) is 25. The van der Waals surface area contributed by atoms with Gasteiger partial charge >= 0.3 is 35.8 Å². The maximum Gasteiger partial charge on any atom is 0.303 e. The molecule has 13 atom stereocenters. The van der Waals surface area contributed by atoms with Crippen LogP contribution in [0.25, 0.3) is 5.57 Å². The summed E-state index contributed by atoms with van der Waals surface area (Å²) in [5, 5.41) is 28.2. The smallest absolute Gasteiger partial charge is 0.303 e. The van der Waals surface area contributed by atoms with Crippen LogP contribution >= 0.6 is 0 Å². The number of aromatic hydroxyl groups is 3. The SMILES string of the molecule is C=CCS(=O)CC(OC(C)=O)C([NH3+])C(C)=O.CC(=O)OC(CC1=CCc2ccc(O)cc21)C([NH3+])C(C)=O.CC(=O)OC(CCCN)C([NH3+])C(C)=O.CC(=O)OC(Cc1ccc(O)c(O)c1)C([NH3+])C(C)=O.CC(=O)OC(Cc1cn(C)cn1)C([NH3+])C(C)=O.COCC(OC(C)=O)C([NH3+])C(C)=O.[CH3-].[CH3-].[CH3-].[CH3-].[CH3-].[CH3-]. The summed E-state index contributed by atoms with van der Waals surface area (Å²) in [5.41, 5.74) is 31.9. The van der Waals surface area contributed by atoms with E-state index in [2.05, 4.69) is 46.0 Å². The number of ketones is 6. The van der Waals surface area contributed by atoms with Gasteiger partial charge in [-0.05, 0) is 72.3 Å². The van der Waals surface area contributed by atoms with Crippen molar-refractivity contribution in [3.63, 3.8) is 0 Å². The van der Waals surface area contributed by atoms with Gasteiger partial charge in [-0.15, -0.1) is 6.58 Å². The fourth-order valence-corrected chi connectivity index (χ4v) is 9.89. The standard InChI is InChI=1S/C16H19NO4.C13H17NO5.C11H17N3O3.C10H17NO4S.C9H18N2O3.C8H15NO4.6CH3/c1-9(18)16(17)15(21-10(2)19)7-12-4-3-11-5-6-13(20)8-14(11)12;1-7(15)13(14)12(19-8(2)16)6-9-3-4-10(17)11(18)5-9;1-7(15)11(12)10(17-8(2)16)4-9-5-14(3)6-13-9;1-4-5-16(14)6-9(15-8(3)13)10(11)7(2)12;1-6(12)9(11)8(4-3-5-10)14-7(2)13;1-5(10)8(9)7(4-12-3)13-6(2)11;;;;;;/h4-6,8,15-16,20H,3,7,17H2,1-2H3;3-5,12-13,17-18H,6,14H2,1-2H3;5-6,10-11H,4,12H2,1-3H3;4,9-10H,1,5-6,11H2,2-3H3;8-9H,3-5,10-11H2,1-2H3;7-8H,4,9H2,1-3H3;6*1H3/q;;;;;;6*-1/p+6. The van der Waals surface area contributed by atoms with Gasteiger partial charge in [-0.2, -0.15) is 0 Å². The zero-order chi connectivity index (χ0) is 77.4. The lowest BCUT2D eigenvalue weighted by molar-refractivity contribution is -0.421. The molecule has 1 heterocycles. The molecule has 0 aliphatic heterocycles. The van der Waals surface area contributed by atoms with E-state index in [-0.39, 0.29) is 121 Å². The molecule has 23 N–H and O–H groups in total. The Morgan fingerprint density at radius 3 is 1.29 bits per heavy atom. The number of aromatic nitrogens is 2. The molecule has 1 aromatic heterocycles. The Labute approximate surface area is 629 Å². The second-order valence-corrected chi connectivity index (χ2v) is 24.9. The van der Waals surface area contributed by atoms with Gasteiger partial charge in [-0.25, -0.2) is 4.98 Å². The van der Waals surface area contributed by atoms with Gasteiger partial charge in [0.2, 0.25) is 0 Å². The molecule has 0 bridgehead atoms. The van der Waals surface area contributed by atoms with Crippen LogP contribution in [0.2, 0.25) is 0 Å². The van der Waals surface area contributed by atoms with E-state index in [9.17, 15) is 77.1 Å². The summed E-state index contributed by atoms with van der Waals surface area (Å²) in [6, 6.07) is 5.91. The molecule has 106 heavy (non-hydrogen) atoms. The molecule has 1 aliphatic rings. The van der Waals surface area contributed by atoms with Crippen molar-refractivity contribution in [3.05, 3.63) is 135 Å². The van der Waals surface area contributed by atoms with Crippen molar-refractivity contribution in [2.24, 2.45) is 12.8 Å². The zero-order valence-electron chi connectivity index (χ0n) is 66.1. The van der Waals surface area contributed by atoms with Crippen LogP contribution in [0.3, 0.4) is 0 Å². The number of phenols is 3. The van der Waals surface area contributed by atoms with Crippen LogP contribution < -0.4 is 40.1 Å². The Morgan fingerprint density at radius 1 is 0.538 bits per heavy atom. The second kappa shape index (κ2) is 59.4. The number of phenolic OH excluding ortho intramolecular Hbond substituents is 3. The minimum atomic E-state index is -1.19. The summed E-state index contributed by atoms with van der Waals surface area (Å²) in [6.07, 6.45) is 6.60. The number of rotatable bonds is 33. The van der Waals surface area contributed by atoms with Crippen molar-refractivity contribution in [3.8, 4) is 17.2 Å². The van der Waals surface area contributed by atoms with E-state index < -0.39 is 114 Å². The number of nitrogens with two attached hydrogens (primary N) is 1. The topological polar surface area (TPSA) is 557 Å². The predicted octanol–water partition coefficient (Wildman–Crippen LogP) is -0.907. The number of fused-ring (bicyclic) bond motifs is 1. The van der Waals surface area contributed by atoms with Crippen molar-refractivity contribution < 1.29 is 145 Å². The van der Waals surface area contributed by atoms with Crippen LogP contribution in [-0.4, -0.2) is 204 Å². The third-order valence-corrected chi connectivity index (χ3v) is 15.8. The van der Waals surface area contributed by atoms with E-state index in [0.29, 0.717) is 37.1 Å². The van der Waals surface area contributed by atoms with Crippen LogP contribution in [0.15, 0.2) is 67.7 Å². The molecule has 608 valence electrons. The van der Waals surface area contributed by atoms with Crippen molar-refractivity contribution >= 4 is 86.9 Å². The molecule has 0 radical (unpaired) electrons. The highest BCUT2D eigenvalue weighted by atomic mass is 32.2. The number of aryl methyl sites for hydroxylation is 1. The molecule has 32 nitrogen and oxygen atoms in total.